The van der Waals surface area contributed by atoms with Crippen molar-refractivity contribution in [3.8, 4) is 0 Å². The van der Waals surface area contributed by atoms with Crippen LogP contribution in [-0.2, 0) is 14.3 Å². The quantitative estimate of drug-likeness (QED) is 0.340. The summed E-state index contributed by atoms with van der Waals surface area (Å²) in [5.74, 6) is -0.663. The summed E-state index contributed by atoms with van der Waals surface area (Å²) in [7, 11) is 1.13. The van der Waals surface area contributed by atoms with Gasteiger partial charge in [0.15, 0.2) is 6.10 Å². The Kier molecular flexibility index (Phi) is 4.59. The van der Waals surface area contributed by atoms with Crippen molar-refractivity contribution in [3.63, 3.8) is 0 Å². The van der Waals surface area contributed by atoms with E-state index in [1.54, 1.807) is 30.3 Å². The van der Waals surface area contributed by atoms with Crippen molar-refractivity contribution < 1.29 is 23.9 Å². The zero-order valence-corrected chi connectivity index (χ0v) is 9.07. The van der Waals surface area contributed by atoms with Crippen molar-refractivity contribution in [2.75, 3.05) is 7.11 Å². The summed E-state index contributed by atoms with van der Waals surface area (Å²) < 4.78 is 9.10. The van der Waals surface area contributed by atoms with Gasteiger partial charge in [-0.3, -0.25) is 4.79 Å². The van der Waals surface area contributed by atoms with Crippen molar-refractivity contribution in [2.45, 2.75) is 6.10 Å². The van der Waals surface area contributed by atoms with Crippen LogP contribution in [0.5, 0.6) is 0 Å². The van der Waals surface area contributed by atoms with E-state index in [1.165, 1.54) is 0 Å². The maximum Gasteiger partial charge on any atom is 0.509 e. The van der Waals surface area contributed by atoms with Gasteiger partial charge in [-0.1, -0.05) is 30.3 Å². The van der Waals surface area contributed by atoms with E-state index in [-0.39, 0.29) is 0 Å². The standard InChI is InChI=1S/C11H10N2O4/c1-16-11(15)17-10(9(14)7-13-12)8-5-3-2-4-6-8/h2-7,10H,1H3. The molecule has 0 aliphatic rings. The number of rotatable bonds is 4. The Balaban J connectivity index is 2.98. The zero-order valence-electron chi connectivity index (χ0n) is 9.07. The number of ether oxygens (including phenoxy) is 2. The van der Waals surface area contributed by atoms with Crippen LogP contribution in [0, 0.1) is 0 Å². The van der Waals surface area contributed by atoms with Crippen LogP contribution in [0.4, 0.5) is 4.79 Å². The lowest BCUT2D eigenvalue weighted by Crippen LogP contribution is -2.21. The molecule has 6 nitrogen and oxygen atoms in total. The van der Waals surface area contributed by atoms with Gasteiger partial charge in [0.05, 0.1) is 7.11 Å². The van der Waals surface area contributed by atoms with Gasteiger partial charge in [-0.05, 0) is 0 Å². The minimum atomic E-state index is -1.18. The van der Waals surface area contributed by atoms with E-state index < -0.39 is 18.0 Å². The molecule has 17 heavy (non-hydrogen) atoms. The molecule has 1 rings (SSSR count). The number of ketones is 1. The molecule has 0 saturated heterocycles. The van der Waals surface area contributed by atoms with Gasteiger partial charge in [0.1, 0.15) is 0 Å². The molecule has 0 spiro atoms. The molecule has 0 aliphatic carbocycles. The minimum Gasteiger partial charge on any atom is -0.438 e. The lowest BCUT2D eigenvalue weighted by molar-refractivity contribution is -0.125. The van der Waals surface area contributed by atoms with Crippen LogP contribution in [0.3, 0.4) is 0 Å². The van der Waals surface area contributed by atoms with Crippen LogP contribution < -0.4 is 0 Å². The molecule has 0 aliphatic heterocycles. The Labute approximate surface area is 97.4 Å². The highest BCUT2D eigenvalue weighted by Gasteiger charge is 2.26. The number of carbonyl (C=O) groups excluding carboxylic acids is 2. The van der Waals surface area contributed by atoms with Crippen LogP contribution >= 0.6 is 0 Å². The molecular formula is C11H10N2O4. The van der Waals surface area contributed by atoms with Crippen molar-refractivity contribution in [3.05, 3.63) is 41.4 Å². The fourth-order valence-corrected chi connectivity index (χ4v) is 1.19. The number of hydrogen-bond donors (Lipinski definition) is 0. The number of methoxy groups -OCH3 is 1. The predicted molar refractivity (Wildman–Crippen MR) is 57.4 cm³/mol. The lowest BCUT2D eigenvalue weighted by atomic mass is 10.1. The molecule has 0 aromatic heterocycles. The SMILES string of the molecule is COC(=O)OC(C(=O)C=[N+]=[N-])c1ccccc1. The van der Waals surface area contributed by atoms with Gasteiger partial charge >= 0.3 is 12.4 Å². The van der Waals surface area contributed by atoms with Gasteiger partial charge in [0.2, 0.25) is 0 Å². The van der Waals surface area contributed by atoms with Gasteiger partial charge in [-0.15, -0.1) is 0 Å². The van der Waals surface area contributed by atoms with E-state index in [9.17, 15) is 9.59 Å². The molecule has 0 N–H and O–H groups in total. The Bertz CT molecular complexity index is 452. The van der Waals surface area contributed by atoms with Gasteiger partial charge < -0.3 is 15.0 Å². The molecule has 1 atom stereocenters. The summed E-state index contributed by atoms with van der Waals surface area (Å²) >= 11 is 0. The monoisotopic (exact) mass is 234 g/mol. The average Bonchev–Trinajstić information content (AvgIpc) is 2.36. The Morgan fingerprint density at radius 1 is 1.35 bits per heavy atom. The Hall–Kier alpha value is -2.46. The maximum absolute atomic E-state index is 11.6. The zero-order chi connectivity index (χ0) is 12.7. The van der Waals surface area contributed by atoms with Crippen LogP contribution in [0.1, 0.15) is 11.7 Å². The Morgan fingerprint density at radius 3 is 2.53 bits per heavy atom. The topological polar surface area (TPSA) is 89.0 Å². The predicted octanol–water partition coefficient (Wildman–Crippen LogP) is 1.38. The number of benzene rings is 1. The summed E-state index contributed by atoms with van der Waals surface area (Å²) in [4.78, 5) is 25.2. The van der Waals surface area contributed by atoms with Crippen molar-refractivity contribution in [1.82, 2.24) is 0 Å². The molecule has 1 aromatic carbocycles. The maximum atomic E-state index is 11.6. The number of Topliss-reactive ketones (excluding diaryl/α,β-unsaturated/α-hetero) is 1. The number of carbonyl (C=O) groups is 2. The second kappa shape index (κ2) is 6.19. The van der Waals surface area contributed by atoms with Gasteiger partial charge in [0.25, 0.3) is 5.78 Å². The smallest absolute Gasteiger partial charge is 0.438 e. The first-order valence-electron chi connectivity index (χ1n) is 4.70. The molecule has 0 fully saturated rings. The third-order valence-corrected chi connectivity index (χ3v) is 1.93. The summed E-state index contributed by atoms with van der Waals surface area (Å²) in [6, 6.07) is 8.34. The summed E-state index contributed by atoms with van der Waals surface area (Å²) in [5.41, 5.74) is 8.76. The molecule has 88 valence electrons. The first kappa shape index (κ1) is 12.6. The van der Waals surface area contributed by atoms with Crippen LogP contribution in [-0.4, -0.2) is 30.1 Å². The first-order valence-corrected chi connectivity index (χ1v) is 4.70. The van der Waals surface area contributed by atoms with E-state index in [0.29, 0.717) is 11.8 Å². The van der Waals surface area contributed by atoms with Gasteiger partial charge in [0, 0.05) is 5.56 Å². The molecule has 0 amide bonds. The van der Waals surface area contributed by atoms with Crippen molar-refractivity contribution in [1.29, 1.82) is 0 Å². The average molecular weight is 234 g/mol. The fraction of sp³-hybridized carbons (Fsp3) is 0.182. The van der Waals surface area contributed by atoms with Gasteiger partial charge in [-0.25, -0.2) is 4.79 Å². The Morgan fingerprint density at radius 2 is 2.00 bits per heavy atom. The molecule has 1 aromatic rings. The highest BCUT2D eigenvalue weighted by molar-refractivity contribution is 6.27. The van der Waals surface area contributed by atoms with E-state index >= 15 is 0 Å². The second-order valence-electron chi connectivity index (χ2n) is 3.01. The van der Waals surface area contributed by atoms with Gasteiger partial charge in [-0.2, -0.15) is 4.79 Å². The van der Waals surface area contributed by atoms with Crippen LogP contribution in [0.2, 0.25) is 0 Å². The summed E-state index contributed by atoms with van der Waals surface area (Å²) in [5, 5.41) is 0. The van der Waals surface area contributed by atoms with Crippen LogP contribution in [0.25, 0.3) is 5.53 Å². The summed E-state index contributed by atoms with van der Waals surface area (Å²) in [6.45, 7) is 0. The first-order chi connectivity index (χ1) is 8.19. The molecule has 1 unspecified atom stereocenters. The highest BCUT2D eigenvalue weighted by Crippen LogP contribution is 2.18. The fourth-order valence-electron chi connectivity index (χ4n) is 1.19. The third-order valence-electron chi connectivity index (χ3n) is 1.93. The van der Waals surface area contributed by atoms with Crippen molar-refractivity contribution in [2.24, 2.45) is 0 Å². The molecule has 6 heteroatoms. The number of nitrogens with zero attached hydrogens (tertiary/aromatic N) is 2. The number of hydrogen-bond acceptors (Lipinski definition) is 4. The minimum absolute atomic E-state index is 0.461. The van der Waals surface area contributed by atoms with Crippen LogP contribution in [0.15, 0.2) is 30.3 Å². The second-order valence-corrected chi connectivity index (χ2v) is 3.01. The van der Waals surface area contributed by atoms with E-state index in [1.807, 2.05) is 0 Å². The van der Waals surface area contributed by atoms with E-state index in [0.717, 1.165) is 7.11 Å². The molecular weight excluding hydrogens is 224 g/mol. The molecule has 0 bridgehead atoms. The largest absolute Gasteiger partial charge is 0.509 e. The van der Waals surface area contributed by atoms with E-state index in [4.69, 9.17) is 10.3 Å². The van der Waals surface area contributed by atoms with Crippen molar-refractivity contribution >= 4 is 18.2 Å². The normalized spacial score (nSPS) is 10.9. The molecule has 0 radical (unpaired) electrons. The molecule has 0 heterocycles. The lowest BCUT2D eigenvalue weighted by Gasteiger charge is -2.12. The summed E-state index contributed by atoms with van der Waals surface area (Å²) in [6.07, 6.45) is -1.50. The third kappa shape index (κ3) is 3.55. The highest BCUT2D eigenvalue weighted by atomic mass is 16.7. The molecule has 0 saturated carbocycles. The van der Waals surface area contributed by atoms with E-state index in [2.05, 4.69) is 9.53 Å².